The number of halogens is 5. The Bertz CT molecular complexity index is 493. The van der Waals surface area contributed by atoms with E-state index in [2.05, 4.69) is 4.79 Å². The third-order valence-electron chi connectivity index (χ3n) is 1.69. The summed E-state index contributed by atoms with van der Waals surface area (Å²) in [7, 11) is 0. The molecule has 16 heavy (non-hydrogen) atoms. The van der Waals surface area contributed by atoms with Crippen LogP contribution in [0, 0.1) is 29.1 Å². The van der Waals surface area contributed by atoms with Gasteiger partial charge in [0.05, 0.1) is 0 Å². The van der Waals surface area contributed by atoms with Gasteiger partial charge in [-0.15, -0.1) is 0 Å². The molecule has 0 radical (unpaired) electrons. The Morgan fingerprint density at radius 3 is 1.62 bits per heavy atom. The highest BCUT2D eigenvalue weighted by Crippen LogP contribution is 2.22. The van der Waals surface area contributed by atoms with E-state index in [4.69, 9.17) is 5.53 Å². The van der Waals surface area contributed by atoms with Gasteiger partial charge in [0, 0.05) is 0 Å². The second kappa shape index (κ2) is 4.19. The first-order valence-electron chi connectivity index (χ1n) is 3.64. The summed E-state index contributed by atoms with van der Waals surface area (Å²) in [5, 5.41) is 0. The Morgan fingerprint density at radius 1 is 0.938 bits per heavy atom. The summed E-state index contributed by atoms with van der Waals surface area (Å²) in [6.07, 6.45) is -0.349. The third kappa shape index (κ3) is 1.59. The van der Waals surface area contributed by atoms with Crippen LogP contribution in [0.4, 0.5) is 22.0 Å². The number of carbonyl (C=O) groups is 1. The second-order valence-corrected chi connectivity index (χ2v) is 2.55. The molecule has 0 heterocycles. The molecule has 0 aliphatic rings. The molecule has 0 atom stereocenters. The van der Waals surface area contributed by atoms with Gasteiger partial charge < -0.3 is 5.53 Å². The zero-order chi connectivity index (χ0) is 12.5. The Balaban J connectivity index is 3.77. The highest BCUT2D eigenvalue weighted by atomic mass is 19.2. The summed E-state index contributed by atoms with van der Waals surface area (Å²) in [6, 6.07) is 0. The van der Waals surface area contributed by atoms with Crippen molar-refractivity contribution in [3.8, 4) is 0 Å². The van der Waals surface area contributed by atoms with Gasteiger partial charge in [0.2, 0.25) is 12.1 Å². The lowest BCUT2D eigenvalue weighted by molar-refractivity contribution is -0.106. The van der Waals surface area contributed by atoms with Gasteiger partial charge in [0.1, 0.15) is 5.56 Å². The van der Waals surface area contributed by atoms with Crippen LogP contribution in [0.15, 0.2) is 0 Å². The minimum absolute atomic E-state index is 0.349. The molecule has 8 heteroatoms. The van der Waals surface area contributed by atoms with Crippen LogP contribution in [0.1, 0.15) is 5.56 Å². The fourth-order valence-corrected chi connectivity index (χ4v) is 0.962. The summed E-state index contributed by atoms with van der Waals surface area (Å²) < 4.78 is 63.7. The van der Waals surface area contributed by atoms with Crippen LogP contribution < -0.4 is 0 Å². The SMILES string of the molecule is [N-]=[N+]=C(C=O)c1c(F)c(F)c(F)c(F)c1F. The predicted octanol–water partition coefficient (Wildman–Crippen LogP) is 1.60. The molecule has 1 rings (SSSR count). The van der Waals surface area contributed by atoms with E-state index in [0.29, 0.717) is 0 Å². The molecule has 0 bridgehead atoms. The van der Waals surface area contributed by atoms with Crippen LogP contribution in [-0.4, -0.2) is 16.8 Å². The minimum atomic E-state index is -2.36. The van der Waals surface area contributed by atoms with Crippen molar-refractivity contribution < 1.29 is 31.5 Å². The van der Waals surface area contributed by atoms with Gasteiger partial charge in [0.15, 0.2) is 23.3 Å². The maximum atomic E-state index is 13.0. The lowest BCUT2D eigenvalue weighted by atomic mass is 10.1. The number of nitrogens with zero attached hydrogens (tertiary/aromatic N) is 2. The van der Waals surface area contributed by atoms with Gasteiger partial charge in [-0.25, -0.2) is 22.0 Å². The van der Waals surface area contributed by atoms with Crippen LogP contribution in [0.3, 0.4) is 0 Å². The number of aldehydes is 1. The summed E-state index contributed by atoms with van der Waals surface area (Å²) in [5.41, 5.74) is 5.29. The Morgan fingerprint density at radius 2 is 1.31 bits per heavy atom. The van der Waals surface area contributed by atoms with Gasteiger partial charge in [-0.3, -0.25) is 4.79 Å². The highest BCUT2D eigenvalue weighted by Gasteiger charge is 2.32. The second-order valence-electron chi connectivity index (χ2n) is 2.55. The molecule has 0 saturated carbocycles. The Kier molecular flexibility index (Phi) is 3.14. The molecule has 3 nitrogen and oxygen atoms in total. The topological polar surface area (TPSA) is 53.5 Å². The van der Waals surface area contributed by atoms with Crippen molar-refractivity contribution in [3.05, 3.63) is 40.2 Å². The van der Waals surface area contributed by atoms with E-state index in [1.54, 1.807) is 0 Å². The van der Waals surface area contributed by atoms with E-state index >= 15 is 0 Å². The predicted molar refractivity (Wildman–Crippen MR) is 40.0 cm³/mol. The van der Waals surface area contributed by atoms with Crippen molar-refractivity contribution in [2.45, 2.75) is 0 Å². The van der Waals surface area contributed by atoms with E-state index in [1.807, 2.05) is 0 Å². The van der Waals surface area contributed by atoms with Gasteiger partial charge in [-0.05, 0) is 0 Å². The van der Waals surface area contributed by atoms with Crippen LogP contribution >= 0.6 is 0 Å². The van der Waals surface area contributed by atoms with Crippen LogP contribution in [0.5, 0.6) is 0 Å². The average Bonchev–Trinajstić information content (AvgIpc) is 2.29. The number of hydrogen-bond donors (Lipinski definition) is 0. The van der Waals surface area contributed by atoms with E-state index in [1.165, 1.54) is 0 Å². The molecule has 0 N–H and O–H groups in total. The number of carbonyl (C=O) groups excluding carboxylic acids is 1. The molecule has 0 saturated heterocycles. The lowest BCUT2D eigenvalue weighted by Gasteiger charge is -2.02. The molecule has 0 unspecified atom stereocenters. The van der Waals surface area contributed by atoms with Gasteiger partial charge in [-0.1, -0.05) is 0 Å². The normalized spacial score (nSPS) is 9.81. The number of benzene rings is 1. The molecular weight excluding hydrogens is 235 g/mol. The largest absolute Gasteiger partial charge is 0.367 e. The van der Waals surface area contributed by atoms with Crippen molar-refractivity contribution in [2.75, 3.05) is 0 Å². The first kappa shape index (κ1) is 12.0. The molecule has 0 aromatic heterocycles. The molecule has 0 aliphatic carbocycles. The molecule has 0 spiro atoms. The minimum Gasteiger partial charge on any atom is -0.361 e. The lowest BCUT2D eigenvalue weighted by Crippen LogP contribution is -2.15. The molecule has 0 amide bonds. The summed E-state index contributed by atoms with van der Waals surface area (Å²) in [5.74, 6) is -11.3. The molecule has 1 aromatic carbocycles. The first-order chi connectivity index (χ1) is 7.45. The molecule has 84 valence electrons. The maximum absolute atomic E-state index is 13.0. The maximum Gasteiger partial charge on any atom is 0.367 e. The fourth-order valence-electron chi connectivity index (χ4n) is 0.962. The van der Waals surface area contributed by atoms with E-state index in [-0.39, 0.29) is 6.29 Å². The summed E-state index contributed by atoms with van der Waals surface area (Å²) >= 11 is 0. The Labute approximate surface area is 84.7 Å². The van der Waals surface area contributed by atoms with Crippen LogP contribution in [0.2, 0.25) is 0 Å². The molecule has 0 aliphatic heterocycles. The van der Waals surface area contributed by atoms with Crippen molar-refractivity contribution in [1.82, 2.24) is 0 Å². The van der Waals surface area contributed by atoms with E-state index < -0.39 is 40.4 Å². The van der Waals surface area contributed by atoms with Crippen molar-refractivity contribution in [1.29, 1.82) is 0 Å². The molecule has 0 fully saturated rings. The van der Waals surface area contributed by atoms with Gasteiger partial charge in [0.25, 0.3) is 0 Å². The van der Waals surface area contributed by atoms with Crippen molar-refractivity contribution >= 4 is 12.0 Å². The summed E-state index contributed by atoms with van der Waals surface area (Å²) in [4.78, 5) is 12.3. The van der Waals surface area contributed by atoms with E-state index in [9.17, 15) is 26.7 Å². The van der Waals surface area contributed by atoms with Crippen molar-refractivity contribution in [3.63, 3.8) is 0 Å². The highest BCUT2D eigenvalue weighted by molar-refractivity contribution is 6.33. The van der Waals surface area contributed by atoms with Gasteiger partial charge >= 0.3 is 5.71 Å². The van der Waals surface area contributed by atoms with Crippen LogP contribution in [-0.2, 0) is 4.79 Å². The zero-order valence-corrected chi connectivity index (χ0v) is 7.27. The quantitative estimate of drug-likeness (QED) is 0.146. The number of hydrogen-bond acceptors (Lipinski definition) is 1. The fraction of sp³-hybridized carbons (Fsp3) is 0. The van der Waals surface area contributed by atoms with Gasteiger partial charge in [-0.2, -0.15) is 4.79 Å². The first-order valence-corrected chi connectivity index (χ1v) is 3.64. The number of rotatable bonds is 2. The van der Waals surface area contributed by atoms with Crippen LogP contribution in [0.25, 0.3) is 5.53 Å². The zero-order valence-electron chi connectivity index (χ0n) is 7.27. The monoisotopic (exact) mass is 236 g/mol. The van der Waals surface area contributed by atoms with Crippen molar-refractivity contribution in [2.24, 2.45) is 0 Å². The average molecular weight is 236 g/mol. The molecular formula is C8HF5N2O. The summed E-state index contributed by atoms with van der Waals surface area (Å²) in [6.45, 7) is 0. The smallest absolute Gasteiger partial charge is 0.361 e. The third-order valence-corrected chi connectivity index (χ3v) is 1.69. The van der Waals surface area contributed by atoms with E-state index in [0.717, 1.165) is 0 Å². The molecule has 1 aromatic rings. The standard InChI is InChI=1S/C8HF5N2O/c9-4-3(2(1-16)15-14)5(10)7(12)8(13)6(4)11/h1H. The Hall–Kier alpha value is -2.08.